The fraction of sp³-hybridized carbons (Fsp3) is 0.600. The molecule has 0 amide bonds. The summed E-state index contributed by atoms with van der Waals surface area (Å²) >= 11 is 3.26. The maximum atomic E-state index is 13.4. The zero-order valence-electron chi connectivity index (χ0n) is 10.7. The SMILES string of the molecule is CCC1CCC(C(O)Cc2cccc(F)c2Br)C1. The summed E-state index contributed by atoms with van der Waals surface area (Å²) in [4.78, 5) is 0. The van der Waals surface area contributed by atoms with Gasteiger partial charge in [-0.15, -0.1) is 0 Å². The van der Waals surface area contributed by atoms with Gasteiger partial charge in [0.05, 0.1) is 10.6 Å². The van der Waals surface area contributed by atoms with Crippen LogP contribution in [-0.2, 0) is 6.42 Å². The molecule has 2 rings (SSSR count). The van der Waals surface area contributed by atoms with E-state index in [4.69, 9.17) is 0 Å². The van der Waals surface area contributed by atoms with Crippen LogP contribution in [0.1, 0.15) is 38.2 Å². The molecule has 1 aromatic carbocycles. The lowest BCUT2D eigenvalue weighted by molar-refractivity contribution is 0.108. The Hall–Kier alpha value is -0.410. The van der Waals surface area contributed by atoms with Crippen molar-refractivity contribution in [1.29, 1.82) is 0 Å². The molecule has 3 unspecified atom stereocenters. The molecule has 0 aliphatic heterocycles. The monoisotopic (exact) mass is 314 g/mol. The van der Waals surface area contributed by atoms with E-state index in [0.29, 0.717) is 16.8 Å². The van der Waals surface area contributed by atoms with Crippen molar-refractivity contribution < 1.29 is 9.50 Å². The van der Waals surface area contributed by atoms with Crippen LogP contribution in [0.5, 0.6) is 0 Å². The molecule has 1 aliphatic rings. The van der Waals surface area contributed by atoms with Gasteiger partial charge in [-0.25, -0.2) is 4.39 Å². The summed E-state index contributed by atoms with van der Waals surface area (Å²) in [5.74, 6) is 0.892. The van der Waals surface area contributed by atoms with Gasteiger partial charge in [0.25, 0.3) is 0 Å². The van der Waals surface area contributed by atoms with Crippen LogP contribution < -0.4 is 0 Å². The Morgan fingerprint density at radius 1 is 1.44 bits per heavy atom. The Bertz CT molecular complexity index is 407. The lowest BCUT2D eigenvalue weighted by Gasteiger charge is -2.19. The number of aliphatic hydroxyl groups excluding tert-OH is 1. The van der Waals surface area contributed by atoms with Gasteiger partial charge in [0.15, 0.2) is 0 Å². The molecule has 1 nitrogen and oxygen atoms in total. The van der Waals surface area contributed by atoms with Crippen molar-refractivity contribution in [3.8, 4) is 0 Å². The third-order valence-corrected chi connectivity index (χ3v) is 5.05. The normalized spacial score (nSPS) is 25.3. The Kier molecular flexibility index (Phi) is 4.79. The van der Waals surface area contributed by atoms with E-state index < -0.39 is 0 Å². The highest BCUT2D eigenvalue weighted by Gasteiger charge is 2.29. The second-order valence-electron chi connectivity index (χ2n) is 5.33. The third kappa shape index (κ3) is 3.12. The van der Waals surface area contributed by atoms with Crippen LogP contribution in [-0.4, -0.2) is 11.2 Å². The quantitative estimate of drug-likeness (QED) is 0.877. The van der Waals surface area contributed by atoms with Gasteiger partial charge in [-0.3, -0.25) is 0 Å². The molecule has 0 bridgehead atoms. The van der Waals surface area contributed by atoms with Crippen molar-refractivity contribution in [2.75, 3.05) is 0 Å². The summed E-state index contributed by atoms with van der Waals surface area (Å²) in [6.07, 6.45) is 4.84. The van der Waals surface area contributed by atoms with Crippen molar-refractivity contribution in [3.63, 3.8) is 0 Å². The highest BCUT2D eigenvalue weighted by Crippen LogP contribution is 2.36. The summed E-state index contributed by atoms with van der Waals surface area (Å²) in [5, 5.41) is 10.3. The predicted molar refractivity (Wildman–Crippen MR) is 74.9 cm³/mol. The molecule has 0 heterocycles. The largest absolute Gasteiger partial charge is 0.392 e. The number of hydrogen-bond donors (Lipinski definition) is 1. The van der Waals surface area contributed by atoms with Crippen LogP contribution in [0.15, 0.2) is 22.7 Å². The molecule has 1 aliphatic carbocycles. The zero-order valence-corrected chi connectivity index (χ0v) is 12.3. The van der Waals surface area contributed by atoms with Crippen molar-refractivity contribution in [3.05, 3.63) is 34.1 Å². The van der Waals surface area contributed by atoms with Crippen molar-refractivity contribution in [2.24, 2.45) is 11.8 Å². The lowest BCUT2D eigenvalue weighted by Crippen LogP contribution is -2.21. The van der Waals surface area contributed by atoms with Gasteiger partial charge in [-0.05, 0) is 58.7 Å². The maximum absolute atomic E-state index is 13.4. The third-order valence-electron chi connectivity index (χ3n) is 4.16. The standard InChI is InChI=1S/C15H20BrFO/c1-2-10-6-7-11(8-10)14(18)9-12-4-3-5-13(17)15(12)16/h3-5,10-11,14,18H,2,6-9H2,1H3. The van der Waals surface area contributed by atoms with E-state index in [9.17, 15) is 9.50 Å². The van der Waals surface area contributed by atoms with Crippen LogP contribution in [0, 0.1) is 17.7 Å². The summed E-state index contributed by atoms with van der Waals surface area (Å²) in [6, 6.07) is 5.01. The minimum atomic E-state index is -0.348. The second kappa shape index (κ2) is 6.16. The van der Waals surface area contributed by atoms with Gasteiger partial charge in [0.1, 0.15) is 5.82 Å². The Labute approximate surface area is 117 Å². The summed E-state index contributed by atoms with van der Waals surface area (Å²) in [7, 11) is 0. The predicted octanol–water partition coefficient (Wildman–Crippen LogP) is 4.32. The van der Waals surface area contributed by atoms with Gasteiger partial charge in [0, 0.05) is 0 Å². The minimum Gasteiger partial charge on any atom is -0.392 e. The molecule has 100 valence electrons. The summed E-state index contributed by atoms with van der Waals surface area (Å²) < 4.78 is 13.9. The molecule has 0 radical (unpaired) electrons. The molecular formula is C15H20BrFO. The van der Waals surface area contributed by atoms with E-state index in [1.165, 1.54) is 18.9 Å². The van der Waals surface area contributed by atoms with Gasteiger partial charge >= 0.3 is 0 Å². The van der Waals surface area contributed by atoms with Gasteiger partial charge in [0.2, 0.25) is 0 Å². The van der Waals surface area contributed by atoms with E-state index in [2.05, 4.69) is 22.9 Å². The molecule has 0 saturated heterocycles. The number of aliphatic hydroxyl groups is 1. The van der Waals surface area contributed by atoms with Crippen LogP contribution >= 0.6 is 15.9 Å². The average Bonchev–Trinajstić information content (AvgIpc) is 2.83. The minimum absolute atomic E-state index is 0.252. The van der Waals surface area contributed by atoms with Gasteiger partial charge < -0.3 is 5.11 Å². The van der Waals surface area contributed by atoms with E-state index in [1.54, 1.807) is 6.07 Å². The first-order valence-electron chi connectivity index (χ1n) is 6.72. The molecule has 1 saturated carbocycles. The molecule has 1 aromatic rings. The highest BCUT2D eigenvalue weighted by atomic mass is 79.9. The summed E-state index contributed by atoms with van der Waals surface area (Å²) in [6.45, 7) is 2.21. The van der Waals surface area contributed by atoms with Gasteiger partial charge in [-0.1, -0.05) is 31.9 Å². The summed E-state index contributed by atoms with van der Waals surface area (Å²) in [5.41, 5.74) is 0.863. The fourth-order valence-electron chi connectivity index (χ4n) is 2.93. The number of benzene rings is 1. The van der Waals surface area contributed by atoms with Crippen LogP contribution in [0.4, 0.5) is 4.39 Å². The first-order chi connectivity index (χ1) is 8.61. The molecule has 0 spiro atoms. The van der Waals surface area contributed by atoms with E-state index in [1.807, 2.05) is 6.07 Å². The number of halogens is 2. The molecule has 0 aromatic heterocycles. The van der Waals surface area contributed by atoms with Crippen LogP contribution in [0.25, 0.3) is 0 Å². The number of rotatable bonds is 4. The smallest absolute Gasteiger partial charge is 0.137 e. The molecule has 3 heteroatoms. The Morgan fingerprint density at radius 2 is 2.22 bits per heavy atom. The van der Waals surface area contributed by atoms with Crippen molar-refractivity contribution in [1.82, 2.24) is 0 Å². The van der Waals surface area contributed by atoms with Crippen molar-refractivity contribution >= 4 is 15.9 Å². The fourth-order valence-corrected chi connectivity index (χ4v) is 3.36. The number of hydrogen-bond acceptors (Lipinski definition) is 1. The highest BCUT2D eigenvalue weighted by molar-refractivity contribution is 9.10. The van der Waals surface area contributed by atoms with Crippen molar-refractivity contribution in [2.45, 2.75) is 45.1 Å². The Morgan fingerprint density at radius 3 is 2.89 bits per heavy atom. The molecule has 1 fully saturated rings. The first-order valence-corrected chi connectivity index (χ1v) is 7.52. The second-order valence-corrected chi connectivity index (χ2v) is 6.12. The van der Waals surface area contributed by atoms with E-state index >= 15 is 0 Å². The topological polar surface area (TPSA) is 20.2 Å². The lowest BCUT2D eigenvalue weighted by atomic mass is 9.93. The van der Waals surface area contributed by atoms with E-state index in [0.717, 1.165) is 24.3 Å². The molecule has 3 atom stereocenters. The van der Waals surface area contributed by atoms with E-state index in [-0.39, 0.29) is 11.9 Å². The average molecular weight is 315 g/mol. The first kappa shape index (κ1) is 14.0. The van der Waals surface area contributed by atoms with Crippen LogP contribution in [0.2, 0.25) is 0 Å². The maximum Gasteiger partial charge on any atom is 0.137 e. The molecular weight excluding hydrogens is 295 g/mol. The zero-order chi connectivity index (χ0) is 13.1. The molecule has 18 heavy (non-hydrogen) atoms. The van der Waals surface area contributed by atoms with Crippen LogP contribution in [0.3, 0.4) is 0 Å². The van der Waals surface area contributed by atoms with Gasteiger partial charge in [-0.2, -0.15) is 0 Å². The Balaban J connectivity index is 1.99. The molecule has 1 N–H and O–H groups in total.